The summed E-state index contributed by atoms with van der Waals surface area (Å²) in [5.41, 5.74) is 8.97. The molecule has 2 aliphatic rings. The van der Waals surface area contributed by atoms with E-state index in [9.17, 15) is 4.79 Å². The van der Waals surface area contributed by atoms with Gasteiger partial charge < -0.3 is 10.6 Å². The summed E-state index contributed by atoms with van der Waals surface area (Å²) in [6.45, 7) is 9.01. The number of amides is 2. The summed E-state index contributed by atoms with van der Waals surface area (Å²) in [6, 6.07) is 8.34. The highest BCUT2D eigenvalue weighted by atomic mass is 16.2. The highest BCUT2D eigenvalue weighted by Gasteiger charge is 2.52. The number of imidazole rings is 1. The van der Waals surface area contributed by atoms with Crippen LogP contribution >= 0.6 is 0 Å². The Hall–Kier alpha value is -2.63. The fourth-order valence-corrected chi connectivity index (χ4v) is 5.19. The van der Waals surface area contributed by atoms with Gasteiger partial charge in [0.1, 0.15) is 6.04 Å². The van der Waals surface area contributed by atoms with Gasteiger partial charge in [-0.2, -0.15) is 14.7 Å². The van der Waals surface area contributed by atoms with E-state index >= 15 is 0 Å². The van der Waals surface area contributed by atoms with Crippen molar-refractivity contribution in [3.63, 3.8) is 0 Å². The lowest BCUT2D eigenvalue weighted by atomic mass is 10.1. The number of aryl methyl sites for hydroxylation is 1. The van der Waals surface area contributed by atoms with Crippen molar-refractivity contribution in [3.05, 3.63) is 18.2 Å². The minimum atomic E-state index is -0.325. The van der Waals surface area contributed by atoms with Crippen LogP contribution in [-0.2, 0) is 7.05 Å². The fourth-order valence-electron chi connectivity index (χ4n) is 5.19. The second-order valence-electron chi connectivity index (χ2n) is 8.64. The maximum Gasteiger partial charge on any atom is 0.421 e. The fraction of sp³-hybridized carbons (Fsp3) is 0.571. The average Bonchev–Trinajstić information content (AvgIpc) is 3.19. The lowest BCUT2D eigenvalue weighted by Crippen LogP contribution is -2.60. The van der Waals surface area contributed by atoms with Gasteiger partial charge in [-0.15, -0.1) is 0 Å². The number of urea groups is 1. The monoisotopic (exact) mass is 396 g/mol. The van der Waals surface area contributed by atoms with Crippen LogP contribution in [0.4, 0.5) is 16.4 Å². The number of rotatable bonds is 3. The number of aromatic nitrogens is 2. The van der Waals surface area contributed by atoms with Crippen molar-refractivity contribution in [3.8, 4) is 6.07 Å². The van der Waals surface area contributed by atoms with Gasteiger partial charge in [0, 0.05) is 51.3 Å². The van der Waals surface area contributed by atoms with Crippen LogP contribution in [0.5, 0.6) is 0 Å². The van der Waals surface area contributed by atoms with Crippen molar-refractivity contribution < 1.29 is 4.79 Å². The molecule has 0 radical (unpaired) electrons. The van der Waals surface area contributed by atoms with E-state index in [0.717, 1.165) is 55.3 Å². The average molecular weight is 397 g/mol. The Morgan fingerprint density at radius 1 is 1.31 bits per heavy atom. The maximum atomic E-state index is 12.6. The van der Waals surface area contributed by atoms with Gasteiger partial charge in [0.05, 0.1) is 30.2 Å². The van der Waals surface area contributed by atoms with Crippen molar-refractivity contribution >= 4 is 28.7 Å². The quantitative estimate of drug-likeness (QED) is 0.633. The van der Waals surface area contributed by atoms with Gasteiger partial charge >= 0.3 is 12.0 Å². The number of nitrogens with two attached hydrogens (primary N) is 1. The van der Waals surface area contributed by atoms with E-state index in [2.05, 4.69) is 47.9 Å². The highest BCUT2D eigenvalue weighted by molar-refractivity contribution is 5.89. The molecule has 2 N–H and O–H groups in total. The summed E-state index contributed by atoms with van der Waals surface area (Å²) < 4.78 is 2.15. The molecule has 0 saturated carbocycles. The molecule has 2 fully saturated rings. The second kappa shape index (κ2) is 7.32. The molecule has 1 aromatic carbocycles. The number of likely N-dealkylation sites (tertiary alicyclic amines) is 1. The predicted octanol–water partition coefficient (Wildman–Crippen LogP) is 2.03. The Morgan fingerprint density at radius 2 is 2.03 bits per heavy atom. The van der Waals surface area contributed by atoms with E-state index in [1.807, 2.05) is 11.6 Å². The maximum absolute atomic E-state index is 12.6. The summed E-state index contributed by atoms with van der Waals surface area (Å²) >= 11 is 0. The molecule has 2 saturated heterocycles. The number of benzene rings is 1. The number of fused-ring (bicyclic) bond motifs is 1. The number of carbonyl (C=O) groups excluding carboxylic acids is 1. The zero-order valence-corrected chi connectivity index (χ0v) is 17.5. The third-order valence-electron chi connectivity index (χ3n) is 6.72. The van der Waals surface area contributed by atoms with Gasteiger partial charge in [0.25, 0.3) is 0 Å². The molecular weight excluding hydrogens is 366 g/mol. The molecule has 2 unspecified atom stereocenters. The summed E-state index contributed by atoms with van der Waals surface area (Å²) in [5.74, 6) is 1.16. The largest absolute Gasteiger partial charge is 0.421 e. The van der Waals surface area contributed by atoms with Crippen LogP contribution in [0.3, 0.4) is 0 Å². The molecule has 2 aliphatic heterocycles. The van der Waals surface area contributed by atoms with Crippen molar-refractivity contribution in [1.82, 2.24) is 18.9 Å². The molecule has 1 aromatic heterocycles. The molecule has 0 aliphatic carbocycles. The summed E-state index contributed by atoms with van der Waals surface area (Å²) in [5, 5.41) is 8.88. The van der Waals surface area contributed by atoms with Gasteiger partial charge in [-0.1, -0.05) is 6.92 Å². The van der Waals surface area contributed by atoms with Crippen LogP contribution in [0.2, 0.25) is 0 Å². The summed E-state index contributed by atoms with van der Waals surface area (Å²) in [6.07, 6.45) is 0.963. The van der Waals surface area contributed by atoms with E-state index in [4.69, 9.17) is 16.0 Å². The van der Waals surface area contributed by atoms with E-state index in [-0.39, 0.29) is 16.6 Å². The van der Waals surface area contributed by atoms with E-state index in [0.29, 0.717) is 19.0 Å². The molecular formula is C21H30N7O+. The molecule has 29 heavy (non-hydrogen) atoms. The number of primary amides is 1. The molecule has 8 nitrogen and oxygen atoms in total. The van der Waals surface area contributed by atoms with Crippen LogP contribution in [0.15, 0.2) is 18.2 Å². The van der Waals surface area contributed by atoms with Crippen LogP contribution in [0, 0.1) is 17.2 Å². The SMILES string of the molecule is CC1C[C@H](C)C[N+]1(C(N)=O)c1nc2cc(N3CCN(CC#N)CC3)ccc2n1C. The third kappa shape index (κ3) is 3.15. The first-order valence-corrected chi connectivity index (χ1v) is 10.4. The summed E-state index contributed by atoms with van der Waals surface area (Å²) in [4.78, 5) is 22.0. The molecule has 3 atom stereocenters. The van der Waals surface area contributed by atoms with Crippen molar-refractivity contribution in [2.45, 2.75) is 26.3 Å². The minimum Gasteiger partial charge on any atom is -0.369 e. The zero-order valence-electron chi connectivity index (χ0n) is 17.5. The molecule has 2 aromatic rings. The van der Waals surface area contributed by atoms with Crippen molar-refractivity contribution in [2.75, 3.05) is 44.2 Å². The minimum absolute atomic E-state index is 0.116. The molecule has 0 spiro atoms. The highest BCUT2D eigenvalue weighted by Crippen LogP contribution is 2.38. The number of carbonyl (C=O) groups is 1. The molecule has 0 bridgehead atoms. The number of quaternary nitrogens is 1. The number of hydrogen-bond donors (Lipinski definition) is 1. The lowest BCUT2D eigenvalue weighted by molar-refractivity contribution is 0.200. The van der Waals surface area contributed by atoms with E-state index < -0.39 is 0 Å². The molecule has 2 amide bonds. The van der Waals surface area contributed by atoms with Crippen molar-refractivity contribution in [1.29, 1.82) is 5.26 Å². The number of piperazine rings is 1. The Bertz CT molecular complexity index is 969. The standard InChI is InChI=1S/C21H29N7O/c1-15-12-16(2)28(14-15,20(23)29)21-24-18-13-17(4-5-19(18)25(21)3)27-10-8-26(7-6-22)9-11-27/h4-5,13,15-16H,7-12,14H2,1-3H3,(H-,23,29)/p+1/t15-,16?,28?/m0/s1. The first-order valence-electron chi connectivity index (χ1n) is 10.4. The van der Waals surface area contributed by atoms with E-state index in [1.54, 1.807) is 0 Å². The van der Waals surface area contributed by atoms with Crippen LogP contribution in [-0.4, -0.2) is 65.8 Å². The zero-order chi connectivity index (χ0) is 20.8. The Labute approximate surface area is 171 Å². The second-order valence-corrected chi connectivity index (χ2v) is 8.64. The molecule has 8 heteroatoms. The Kier molecular flexibility index (Phi) is 4.97. The van der Waals surface area contributed by atoms with Gasteiger partial charge in [0.15, 0.2) is 0 Å². The normalized spacial score (nSPS) is 28.0. The number of hydrogen-bond acceptors (Lipinski definition) is 5. The first-order chi connectivity index (χ1) is 13.9. The number of nitrogens with zero attached hydrogens (tertiary/aromatic N) is 6. The van der Waals surface area contributed by atoms with Gasteiger partial charge in [-0.25, -0.2) is 4.79 Å². The third-order valence-corrected chi connectivity index (χ3v) is 6.72. The molecule has 4 rings (SSSR count). The van der Waals surface area contributed by atoms with Crippen molar-refractivity contribution in [2.24, 2.45) is 18.7 Å². The molecule has 154 valence electrons. The lowest BCUT2D eigenvalue weighted by Gasteiger charge is -2.34. The number of anilines is 1. The Morgan fingerprint density at radius 3 is 2.62 bits per heavy atom. The predicted molar refractivity (Wildman–Crippen MR) is 114 cm³/mol. The summed E-state index contributed by atoms with van der Waals surface area (Å²) in [7, 11) is 1.98. The van der Waals surface area contributed by atoms with Gasteiger partial charge in [-0.3, -0.25) is 9.47 Å². The van der Waals surface area contributed by atoms with Crippen LogP contribution in [0.25, 0.3) is 11.0 Å². The van der Waals surface area contributed by atoms with Gasteiger partial charge in [-0.05, 0) is 25.1 Å². The topological polar surface area (TPSA) is 91.2 Å². The van der Waals surface area contributed by atoms with Crippen LogP contribution < -0.4 is 15.1 Å². The van der Waals surface area contributed by atoms with Crippen LogP contribution in [0.1, 0.15) is 20.3 Å². The molecule has 3 heterocycles. The first kappa shape index (κ1) is 19.7. The van der Waals surface area contributed by atoms with E-state index in [1.165, 1.54) is 0 Å². The number of nitriles is 1. The smallest absolute Gasteiger partial charge is 0.369 e. The Balaban J connectivity index is 1.68. The van der Waals surface area contributed by atoms with Gasteiger partial charge in [0.2, 0.25) is 0 Å².